The highest BCUT2D eigenvalue weighted by molar-refractivity contribution is 14.2. The Kier molecular flexibility index (Phi) is 6.63. The Morgan fingerprint density at radius 2 is 1.81 bits per heavy atom. The Morgan fingerprint density at radius 1 is 1.19 bits per heavy atom. The number of hydrogen-bond donors (Lipinski definition) is 1. The molecule has 1 aromatic carbocycles. The topological polar surface area (TPSA) is 29.1 Å². The highest BCUT2D eigenvalue weighted by Crippen LogP contribution is 2.29. The zero-order valence-electron chi connectivity index (χ0n) is 7.53. The number of rotatable bonds is 2. The molecule has 1 amide bonds. The van der Waals surface area contributed by atoms with E-state index in [0.29, 0.717) is 19.3 Å². The summed E-state index contributed by atoms with van der Waals surface area (Å²) in [7, 11) is 0. The van der Waals surface area contributed by atoms with Gasteiger partial charge in [-0.15, -0.1) is 0 Å². The van der Waals surface area contributed by atoms with E-state index in [4.69, 9.17) is 23.2 Å². The minimum Gasteiger partial charge on any atom is -0.320 e. The second kappa shape index (κ2) is 6.95. The van der Waals surface area contributed by atoms with E-state index < -0.39 is 0 Å². The molecular formula is C9H4Cl2I3NO. The van der Waals surface area contributed by atoms with Crippen LogP contribution in [0.5, 0.6) is 0 Å². The van der Waals surface area contributed by atoms with Gasteiger partial charge in [0.1, 0.15) is 0 Å². The second-order valence-corrected chi connectivity index (χ2v) is 8.80. The fourth-order valence-electron chi connectivity index (χ4n) is 0.856. The van der Waals surface area contributed by atoms with Gasteiger partial charge in [-0.05, 0) is 86.0 Å². The molecule has 0 aromatic heterocycles. The molecule has 1 N–H and O–H groups in total. The third-order valence-electron chi connectivity index (χ3n) is 1.54. The zero-order valence-corrected chi connectivity index (χ0v) is 15.5. The van der Waals surface area contributed by atoms with Gasteiger partial charge >= 0.3 is 0 Å². The van der Waals surface area contributed by atoms with Crippen LogP contribution in [0.4, 0.5) is 5.69 Å². The van der Waals surface area contributed by atoms with Gasteiger partial charge in [-0.3, -0.25) is 4.79 Å². The number of amides is 1. The molecule has 0 spiro atoms. The summed E-state index contributed by atoms with van der Waals surface area (Å²) >= 11 is 17.9. The van der Waals surface area contributed by atoms with Crippen molar-refractivity contribution >= 4 is 103 Å². The van der Waals surface area contributed by atoms with Gasteiger partial charge in [0.25, 0.3) is 5.91 Å². The van der Waals surface area contributed by atoms with E-state index in [0.717, 1.165) is 1.59 Å². The van der Waals surface area contributed by atoms with Crippen molar-refractivity contribution in [3.63, 3.8) is 0 Å². The van der Waals surface area contributed by atoms with Gasteiger partial charge in [0.05, 0.1) is 15.9 Å². The maximum absolute atomic E-state index is 11.7. The summed E-state index contributed by atoms with van der Waals surface area (Å²) in [4.78, 5) is 11.7. The number of carbonyl (C=O) groups is 1. The number of carbonyl (C=O) groups excluding carboxylic acids is 1. The molecule has 0 heterocycles. The molecule has 0 saturated heterocycles. The molecule has 0 unspecified atom stereocenters. The number of nitrogens with one attached hydrogen (secondary N) is 1. The van der Waals surface area contributed by atoms with Crippen molar-refractivity contribution in [3.8, 4) is 0 Å². The first-order valence-electron chi connectivity index (χ1n) is 3.89. The highest BCUT2D eigenvalue weighted by atomic mass is 127. The number of halogens is 5. The molecule has 86 valence electrons. The van der Waals surface area contributed by atoms with E-state index in [-0.39, 0.29) is 5.91 Å². The predicted octanol–water partition coefficient (Wildman–Crippen LogP) is 5.41. The summed E-state index contributed by atoms with van der Waals surface area (Å²) in [6.07, 6.45) is 0. The molecule has 16 heavy (non-hydrogen) atoms. The van der Waals surface area contributed by atoms with E-state index in [2.05, 4.69) is 50.5 Å². The van der Waals surface area contributed by atoms with E-state index in [9.17, 15) is 4.79 Å². The average molecular weight is 594 g/mol. The minimum atomic E-state index is -0.191. The third-order valence-corrected chi connectivity index (χ3v) is 6.28. The Labute approximate surface area is 144 Å². The van der Waals surface area contributed by atoms with Gasteiger partial charge in [0.2, 0.25) is 0 Å². The van der Waals surface area contributed by atoms with E-state index in [1.165, 1.54) is 0 Å². The van der Waals surface area contributed by atoms with Crippen LogP contribution in [0.25, 0.3) is 0 Å². The van der Waals surface area contributed by atoms with Crippen LogP contribution in [-0.4, -0.2) is 5.91 Å². The predicted molar refractivity (Wildman–Crippen MR) is 94.2 cm³/mol. The Bertz CT molecular complexity index is 458. The Morgan fingerprint density at radius 3 is 2.38 bits per heavy atom. The lowest BCUT2D eigenvalue weighted by Crippen LogP contribution is -2.11. The molecular weight excluding hydrogens is 590 g/mol. The van der Waals surface area contributed by atoms with Crippen LogP contribution in [0.15, 0.2) is 23.4 Å². The lowest BCUT2D eigenvalue weighted by atomic mass is 10.3. The first-order chi connectivity index (χ1) is 7.41. The molecule has 0 radical (unpaired) electrons. The molecule has 1 rings (SSSR count). The van der Waals surface area contributed by atoms with Crippen molar-refractivity contribution in [2.24, 2.45) is 0 Å². The Balaban J connectivity index is 2.94. The number of benzene rings is 1. The van der Waals surface area contributed by atoms with Crippen LogP contribution in [0, 0.1) is 0 Å². The van der Waals surface area contributed by atoms with Gasteiger partial charge < -0.3 is 5.32 Å². The standard InChI is InChI=1S/C9H4Cl2I3NO/c10-4-1-2-5(11)6(3-4)15-9(16)7(12)8(13)14/h1-3H,(H,15,16). The van der Waals surface area contributed by atoms with Gasteiger partial charge in [0.15, 0.2) is 0 Å². The molecule has 1 aromatic rings. The summed E-state index contributed by atoms with van der Waals surface area (Å²) in [6.45, 7) is 0. The summed E-state index contributed by atoms with van der Waals surface area (Å²) < 4.78 is 1.52. The van der Waals surface area contributed by atoms with Crippen molar-refractivity contribution in [1.82, 2.24) is 0 Å². The number of hydrogen-bond acceptors (Lipinski definition) is 1. The normalized spacial score (nSPS) is 9.81. The molecule has 0 aliphatic heterocycles. The summed E-state index contributed by atoms with van der Waals surface area (Å²) in [5.41, 5.74) is 0.516. The van der Waals surface area contributed by atoms with Crippen molar-refractivity contribution in [2.45, 2.75) is 0 Å². The van der Waals surface area contributed by atoms with E-state index in [1.54, 1.807) is 18.2 Å². The van der Waals surface area contributed by atoms with Crippen molar-refractivity contribution in [2.75, 3.05) is 5.32 Å². The van der Waals surface area contributed by atoms with Crippen LogP contribution in [0.2, 0.25) is 10.0 Å². The lowest BCUT2D eigenvalue weighted by Gasteiger charge is -2.07. The fraction of sp³-hybridized carbons (Fsp3) is 0. The van der Waals surface area contributed by atoms with Crippen LogP contribution in [0.3, 0.4) is 0 Å². The summed E-state index contributed by atoms with van der Waals surface area (Å²) in [5.74, 6) is -0.191. The largest absolute Gasteiger partial charge is 0.320 e. The fourth-order valence-corrected chi connectivity index (χ4v) is 1.82. The molecule has 0 saturated carbocycles. The first-order valence-corrected chi connectivity index (χ1v) is 7.88. The molecule has 0 aliphatic carbocycles. The Hall–Kier alpha value is 1.20. The van der Waals surface area contributed by atoms with Crippen molar-refractivity contribution in [1.29, 1.82) is 0 Å². The van der Waals surface area contributed by atoms with Crippen molar-refractivity contribution in [3.05, 3.63) is 33.4 Å². The third kappa shape index (κ3) is 4.46. The monoisotopic (exact) mass is 593 g/mol. The van der Waals surface area contributed by atoms with Crippen LogP contribution < -0.4 is 5.32 Å². The van der Waals surface area contributed by atoms with E-state index in [1.807, 2.05) is 22.6 Å². The maximum Gasteiger partial charge on any atom is 0.263 e. The van der Waals surface area contributed by atoms with E-state index >= 15 is 0 Å². The molecule has 0 atom stereocenters. The first kappa shape index (κ1) is 15.3. The molecule has 0 fully saturated rings. The van der Waals surface area contributed by atoms with Crippen LogP contribution >= 0.6 is 91.0 Å². The van der Waals surface area contributed by atoms with Crippen LogP contribution in [-0.2, 0) is 4.79 Å². The van der Waals surface area contributed by atoms with Crippen molar-refractivity contribution < 1.29 is 4.79 Å². The molecule has 7 heteroatoms. The molecule has 2 nitrogen and oxygen atoms in total. The summed E-state index contributed by atoms with van der Waals surface area (Å²) in [6, 6.07) is 4.93. The van der Waals surface area contributed by atoms with Gasteiger partial charge in [-0.25, -0.2) is 0 Å². The highest BCUT2D eigenvalue weighted by Gasteiger charge is 2.11. The lowest BCUT2D eigenvalue weighted by molar-refractivity contribution is -0.112. The average Bonchev–Trinajstić information content (AvgIpc) is 2.22. The maximum atomic E-state index is 11.7. The smallest absolute Gasteiger partial charge is 0.263 e. The number of anilines is 1. The van der Waals surface area contributed by atoms with Gasteiger partial charge in [-0.1, -0.05) is 23.2 Å². The zero-order chi connectivity index (χ0) is 12.3. The molecule has 0 aliphatic rings. The minimum absolute atomic E-state index is 0.191. The molecule has 0 bridgehead atoms. The van der Waals surface area contributed by atoms with Gasteiger partial charge in [0, 0.05) is 5.02 Å². The second-order valence-electron chi connectivity index (χ2n) is 2.65. The quantitative estimate of drug-likeness (QED) is 0.361. The SMILES string of the molecule is O=C(Nc1cc(Cl)ccc1Cl)C(I)=C(I)I. The van der Waals surface area contributed by atoms with Crippen LogP contribution in [0.1, 0.15) is 0 Å². The van der Waals surface area contributed by atoms with Gasteiger partial charge in [-0.2, -0.15) is 0 Å². The summed E-state index contributed by atoms with van der Waals surface area (Å²) in [5, 5.41) is 3.70.